The maximum absolute atomic E-state index is 11.9. The molecule has 0 atom stereocenters. The standard InChI is InChI=1S/C10H13N5O2S2/c1-7-15-8(6-18-7)2-3-14-19(16,17)9-4-12-10(11)13-5-9/h4-6,14H,2-3H2,1H3,(H2,11,12,13). The highest BCUT2D eigenvalue weighted by Gasteiger charge is 2.14. The number of nitrogens with one attached hydrogen (secondary N) is 1. The van der Waals surface area contributed by atoms with Gasteiger partial charge in [0, 0.05) is 18.3 Å². The maximum atomic E-state index is 11.9. The summed E-state index contributed by atoms with van der Waals surface area (Å²) in [6.45, 7) is 2.18. The molecule has 0 saturated heterocycles. The molecule has 3 N–H and O–H groups in total. The van der Waals surface area contributed by atoms with Gasteiger partial charge in [0.1, 0.15) is 4.90 Å². The molecule has 0 unspecified atom stereocenters. The Morgan fingerprint density at radius 3 is 2.63 bits per heavy atom. The molecule has 2 rings (SSSR count). The second-order valence-electron chi connectivity index (χ2n) is 3.78. The van der Waals surface area contributed by atoms with E-state index in [1.54, 1.807) is 0 Å². The van der Waals surface area contributed by atoms with Gasteiger partial charge in [0.2, 0.25) is 16.0 Å². The topological polar surface area (TPSA) is 111 Å². The number of rotatable bonds is 5. The van der Waals surface area contributed by atoms with Crippen molar-refractivity contribution in [3.8, 4) is 0 Å². The van der Waals surface area contributed by atoms with Crippen molar-refractivity contribution in [3.63, 3.8) is 0 Å². The third kappa shape index (κ3) is 3.69. The van der Waals surface area contributed by atoms with E-state index < -0.39 is 10.0 Å². The zero-order valence-electron chi connectivity index (χ0n) is 10.2. The highest BCUT2D eigenvalue weighted by Crippen LogP contribution is 2.09. The van der Waals surface area contributed by atoms with E-state index in [4.69, 9.17) is 5.73 Å². The van der Waals surface area contributed by atoms with Crippen LogP contribution in [0.1, 0.15) is 10.7 Å². The number of nitrogens with zero attached hydrogens (tertiary/aromatic N) is 3. The molecule has 2 aromatic rings. The average Bonchev–Trinajstić information content (AvgIpc) is 2.75. The Morgan fingerprint density at radius 2 is 2.05 bits per heavy atom. The monoisotopic (exact) mass is 299 g/mol. The third-order valence-electron chi connectivity index (χ3n) is 2.30. The van der Waals surface area contributed by atoms with Crippen molar-refractivity contribution in [1.29, 1.82) is 0 Å². The lowest BCUT2D eigenvalue weighted by atomic mass is 10.3. The summed E-state index contributed by atoms with van der Waals surface area (Å²) in [4.78, 5) is 11.6. The predicted octanol–water partition coefficient (Wildman–Crippen LogP) is 0.345. The fraction of sp³-hybridized carbons (Fsp3) is 0.300. The molecule has 0 radical (unpaired) electrons. The zero-order chi connectivity index (χ0) is 13.9. The Kier molecular flexibility index (Phi) is 4.08. The molecule has 9 heteroatoms. The van der Waals surface area contributed by atoms with Gasteiger partial charge in [-0.3, -0.25) is 0 Å². The van der Waals surface area contributed by atoms with Crippen molar-refractivity contribution < 1.29 is 8.42 Å². The van der Waals surface area contributed by atoms with Crippen LogP contribution in [0.15, 0.2) is 22.7 Å². The quantitative estimate of drug-likeness (QED) is 0.824. The summed E-state index contributed by atoms with van der Waals surface area (Å²) in [6, 6.07) is 0. The van der Waals surface area contributed by atoms with Crippen LogP contribution in [0.2, 0.25) is 0 Å². The number of nitrogens with two attached hydrogens (primary N) is 1. The van der Waals surface area contributed by atoms with E-state index in [1.807, 2.05) is 12.3 Å². The number of hydrogen-bond donors (Lipinski definition) is 2. The number of aryl methyl sites for hydroxylation is 1. The van der Waals surface area contributed by atoms with Gasteiger partial charge in [0.05, 0.1) is 23.1 Å². The fourth-order valence-electron chi connectivity index (χ4n) is 1.38. The number of hydrogen-bond acceptors (Lipinski definition) is 7. The molecule has 0 bridgehead atoms. The van der Waals surface area contributed by atoms with Gasteiger partial charge in [-0.1, -0.05) is 0 Å². The summed E-state index contributed by atoms with van der Waals surface area (Å²) in [5.74, 6) is 0.0388. The Labute approximate surface area is 115 Å². The maximum Gasteiger partial charge on any atom is 0.243 e. The smallest absolute Gasteiger partial charge is 0.243 e. The van der Waals surface area contributed by atoms with Crippen molar-refractivity contribution in [2.24, 2.45) is 0 Å². The molecule has 19 heavy (non-hydrogen) atoms. The van der Waals surface area contributed by atoms with E-state index >= 15 is 0 Å². The first-order valence-corrected chi connectivity index (χ1v) is 7.82. The minimum atomic E-state index is -3.60. The molecular formula is C10H13N5O2S2. The first-order chi connectivity index (χ1) is 8.97. The molecule has 0 aliphatic heterocycles. The molecular weight excluding hydrogens is 286 g/mol. The summed E-state index contributed by atoms with van der Waals surface area (Å²) in [7, 11) is -3.60. The van der Waals surface area contributed by atoms with E-state index in [-0.39, 0.29) is 17.4 Å². The van der Waals surface area contributed by atoms with Crippen molar-refractivity contribution in [2.75, 3.05) is 12.3 Å². The van der Waals surface area contributed by atoms with E-state index in [2.05, 4.69) is 19.7 Å². The largest absolute Gasteiger partial charge is 0.368 e. The molecule has 0 saturated carbocycles. The first-order valence-electron chi connectivity index (χ1n) is 5.45. The number of thiazole rings is 1. The summed E-state index contributed by atoms with van der Waals surface area (Å²) >= 11 is 1.54. The van der Waals surface area contributed by atoms with Crippen LogP contribution >= 0.6 is 11.3 Å². The highest BCUT2D eigenvalue weighted by atomic mass is 32.2. The summed E-state index contributed by atoms with van der Waals surface area (Å²) < 4.78 is 26.2. The molecule has 0 fully saturated rings. The molecule has 0 aromatic carbocycles. The van der Waals surface area contributed by atoms with Crippen LogP contribution in [0.3, 0.4) is 0 Å². The Hall–Kier alpha value is -1.58. The molecule has 0 amide bonds. The van der Waals surface area contributed by atoms with E-state index in [9.17, 15) is 8.42 Å². The van der Waals surface area contributed by atoms with Crippen LogP contribution in [0.25, 0.3) is 0 Å². The van der Waals surface area contributed by atoms with Crippen molar-refractivity contribution >= 4 is 27.3 Å². The second kappa shape index (κ2) is 5.59. The van der Waals surface area contributed by atoms with Crippen LogP contribution in [-0.2, 0) is 16.4 Å². The lowest BCUT2D eigenvalue weighted by Crippen LogP contribution is -2.26. The van der Waals surface area contributed by atoms with Gasteiger partial charge in [-0.2, -0.15) is 0 Å². The van der Waals surface area contributed by atoms with Gasteiger partial charge in [0.25, 0.3) is 0 Å². The summed E-state index contributed by atoms with van der Waals surface area (Å²) in [5, 5.41) is 2.88. The molecule has 0 aliphatic carbocycles. The number of sulfonamides is 1. The minimum absolute atomic E-state index is 0.00356. The van der Waals surface area contributed by atoms with Gasteiger partial charge < -0.3 is 5.73 Å². The zero-order valence-corrected chi connectivity index (χ0v) is 11.8. The third-order valence-corrected chi connectivity index (χ3v) is 4.54. The number of nitrogen functional groups attached to an aromatic ring is 1. The van der Waals surface area contributed by atoms with Crippen molar-refractivity contribution in [3.05, 3.63) is 28.5 Å². The fourth-order valence-corrected chi connectivity index (χ4v) is 2.95. The van der Waals surface area contributed by atoms with E-state index in [1.165, 1.54) is 23.7 Å². The average molecular weight is 299 g/mol. The van der Waals surface area contributed by atoms with Crippen molar-refractivity contribution in [1.82, 2.24) is 19.7 Å². The lowest BCUT2D eigenvalue weighted by Gasteiger charge is -2.05. The van der Waals surface area contributed by atoms with Crippen molar-refractivity contribution in [2.45, 2.75) is 18.2 Å². The lowest BCUT2D eigenvalue weighted by molar-refractivity contribution is 0.580. The predicted molar refractivity (Wildman–Crippen MR) is 72.2 cm³/mol. The Bertz CT molecular complexity index is 651. The summed E-state index contributed by atoms with van der Waals surface area (Å²) in [5.41, 5.74) is 6.18. The second-order valence-corrected chi connectivity index (χ2v) is 6.61. The van der Waals surface area contributed by atoms with Crippen LogP contribution in [0.5, 0.6) is 0 Å². The molecule has 0 aliphatic rings. The Balaban J connectivity index is 1.96. The number of anilines is 1. The van der Waals surface area contributed by atoms with Crippen LogP contribution in [0.4, 0.5) is 5.95 Å². The first kappa shape index (κ1) is 13.8. The number of aromatic nitrogens is 3. The SMILES string of the molecule is Cc1nc(CCNS(=O)(=O)c2cnc(N)nc2)cs1. The van der Waals surface area contributed by atoms with E-state index in [0.29, 0.717) is 6.42 Å². The van der Waals surface area contributed by atoms with Crippen LogP contribution < -0.4 is 10.5 Å². The van der Waals surface area contributed by atoms with Gasteiger partial charge in [-0.25, -0.2) is 28.1 Å². The Morgan fingerprint density at radius 1 is 1.37 bits per heavy atom. The molecule has 2 heterocycles. The normalized spacial score (nSPS) is 11.6. The minimum Gasteiger partial charge on any atom is -0.368 e. The molecule has 2 aromatic heterocycles. The molecule has 7 nitrogen and oxygen atoms in total. The van der Waals surface area contributed by atoms with Crippen LogP contribution in [0, 0.1) is 6.92 Å². The summed E-state index contributed by atoms with van der Waals surface area (Å²) in [6.07, 6.45) is 2.90. The molecule has 0 spiro atoms. The van der Waals surface area contributed by atoms with Gasteiger partial charge in [-0.15, -0.1) is 11.3 Å². The van der Waals surface area contributed by atoms with Crippen LogP contribution in [-0.4, -0.2) is 29.9 Å². The van der Waals surface area contributed by atoms with Gasteiger partial charge in [-0.05, 0) is 6.92 Å². The molecule has 102 valence electrons. The van der Waals surface area contributed by atoms with Gasteiger partial charge in [0.15, 0.2) is 0 Å². The highest BCUT2D eigenvalue weighted by molar-refractivity contribution is 7.89. The van der Waals surface area contributed by atoms with E-state index in [0.717, 1.165) is 10.7 Å². The van der Waals surface area contributed by atoms with Gasteiger partial charge >= 0.3 is 0 Å².